The van der Waals surface area contributed by atoms with Crippen molar-refractivity contribution in [2.75, 3.05) is 0 Å². The Bertz CT molecular complexity index is 491. The van der Waals surface area contributed by atoms with Crippen molar-refractivity contribution >= 4 is 0 Å². The molecule has 1 aromatic carbocycles. The second-order valence-corrected chi connectivity index (χ2v) is 4.23. The first kappa shape index (κ1) is 11.8. The molecule has 2 aromatic rings. The third kappa shape index (κ3) is 2.71. The highest BCUT2D eigenvalue weighted by Gasteiger charge is 2.10. The normalized spacial score (nSPS) is 12.4. The van der Waals surface area contributed by atoms with Crippen LogP contribution >= 0.6 is 0 Å². The van der Waals surface area contributed by atoms with E-state index in [-0.39, 0.29) is 0 Å². The van der Waals surface area contributed by atoms with Crippen LogP contribution in [0, 0.1) is 6.92 Å². The molecular weight excluding hydrogens is 210 g/mol. The van der Waals surface area contributed by atoms with Gasteiger partial charge in [-0.2, -0.15) is 0 Å². The zero-order valence-electron chi connectivity index (χ0n) is 10.2. The predicted molar refractivity (Wildman–Crippen MR) is 68.9 cm³/mol. The largest absolute Gasteiger partial charge is 0.384 e. The van der Waals surface area contributed by atoms with Crippen molar-refractivity contribution in [2.24, 2.45) is 0 Å². The number of aliphatic hydroxyl groups excluding tert-OH is 1. The number of rotatable bonds is 3. The van der Waals surface area contributed by atoms with Gasteiger partial charge in [-0.05, 0) is 42.2 Å². The predicted octanol–water partition coefficient (Wildman–Crippen LogP) is 3.03. The van der Waals surface area contributed by atoms with Crippen LogP contribution in [0.2, 0.25) is 0 Å². The number of nitrogens with zero attached hydrogens (tertiary/aromatic N) is 1. The van der Waals surface area contributed by atoms with Crippen LogP contribution in [0.5, 0.6) is 0 Å². The molecule has 0 bridgehead atoms. The SMILES string of the molecule is CCc1ccc(C(O)c2ccnc(C)c2)cc1. The van der Waals surface area contributed by atoms with E-state index in [1.54, 1.807) is 6.20 Å². The number of hydrogen-bond donors (Lipinski definition) is 1. The minimum Gasteiger partial charge on any atom is -0.384 e. The smallest absolute Gasteiger partial charge is 0.104 e. The van der Waals surface area contributed by atoms with Crippen LogP contribution in [-0.4, -0.2) is 10.1 Å². The molecule has 1 atom stereocenters. The Balaban J connectivity index is 2.27. The average molecular weight is 227 g/mol. The molecule has 1 unspecified atom stereocenters. The molecule has 0 fully saturated rings. The minimum atomic E-state index is -0.567. The summed E-state index contributed by atoms with van der Waals surface area (Å²) in [5, 5.41) is 10.3. The van der Waals surface area contributed by atoms with Crippen molar-refractivity contribution in [3.8, 4) is 0 Å². The van der Waals surface area contributed by atoms with Crippen molar-refractivity contribution in [3.05, 3.63) is 65.0 Å². The van der Waals surface area contributed by atoms with E-state index in [0.717, 1.165) is 23.2 Å². The fourth-order valence-corrected chi connectivity index (χ4v) is 1.87. The average Bonchev–Trinajstić information content (AvgIpc) is 2.38. The van der Waals surface area contributed by atoms with Crippen LogP contribution in [0.15, 0.2) is 42.6 Å². The van der Waals surface area contributed by atoms with E-state index >= 15 is 0 Å². The summed E-state index contributed by atoms with van der Waals surface area (Å²) in [6.07, 6.45) is 2.18. The van der Waals surface area contributed by atoms with E-state index in [1.165, 1.54) is 5.56 Å². The number of pyridine rings is 1. The van der Waals surface area contributed by atoms with Gasteiger partial charge < -0.3 is 5.11 Å². The second-order valence-electron chi connectivity index (χ2n) is 4.23. The number of hydrogen-bond acceptors (Lipinski definition) is 2. The molecule has 0 saturated carbocycles. The summed E-state index contributed by atoms with van der Waals surface area (Å²) in [5.41, 5.74) is 4.02. The molecule has 0 aliphatic heterocycles. The Morgan fingerprint density at radius 2 is 1.82 bits per heavy atom. The quantitative estimate of drug-likeness (QED) is 0.874. The zero-order chi connectivity index (χ0) is 12.3. The third-order valence-corrected chi connectivity index (χ3v) is 2.94. The Morgan fingerprint density at radius 3 is 2.41 bits per heavy atom. The van der Waals surface area contributed by atoms with Gasteiger partial charge in [0.25, 0.3) is 0 Å². The molecule has 1 heterocycles. The molecular formula is C15H17NO. The number of aromatic nitrogens is 1. The second kappa shape index (κ2) is 5.11. The Labute approximate surface area is 102 Å². The maximum atomic E-state index is 10.3. The van der Waals surface area contributed by atoms with E-state index in [2.05, 4.69) is 24.0 Å². The Kier molecular flexibility index (Phi) is 3.55. The number of aliphatic hydroxyl groups is 1. The van der Waals surface area contributed by atoms with Crippen LogP contribution in [0.1, 0.15) is 35.4 Å². The van der Waals surface area contributed by atoms with E-state index in [4.69, 9.17) is 0 Å². The molecule has 0 amide bonds. The first-order valence-corrected chi connectivity index (χ1v) is 5.90. The lowest BCUT2D eigenvalue weighted by Crippen LogP contribution is -2.00. The molecule has 0 spiro atoms. The summed E-state index contributed by atoms with van der Waals surface area (Å²) in [4.78, 5) is 4.13. The van der Waals surface area contributed by atoms with Crippen LogP contribution in [-0.2, 0) is 6.42 Å². The molecule has 1 N–H and O–H groups in total. The molecule has 2 nitrogen and oxygen atoms in total. The van der Waals surface area contributed by atoms with Crippen LogP contribution in [0.3, 0.4) is 0 Å². The van der Waals surface area contributed by atoms with Crippen LogP contribution < -0.4 is 0 Å². The standard InChI is InChI=1S/C15H17NO/c1-3-12-4-6-13(7-5-12)15(17)14-8-9-16-11(2)10-14/h4-10,15,17H,3H2,1-2H3. The minimum absolute atomic E-state index is 0.567. The van der Waals surface area contributed by atoms with Crippen LogP contribution in [0.4, 0.5) is 0 Å². The van der Waals surface area contributed by atoms with E-state index in [0.29, 0.717) is 0 Å². The summed E-state index contributed by atoms with van der Waals surface area (Å²) in [6, 6.07) is 11.9. The van der Waals surface area contributed by atoms with Gasteiger partial charge in [-0.1, -0.05) is 31.2 Å². The molecule has 0 aliphatic rings. The van der Waals surface area contributed by atoms with Crippen molar-refractivity contribution < 1.29 is 5.11 Å². The van der Waals surface area contributed by atoms with Gasteiger partial charge in [0.1, 0.15) is 6.10 Å². The van der Waals surface area contributed by atoms with Gasteiger partial charge in [-0.15, -0.1) is 0 Å². The van der Waals surface area contributed by atoms with E-state index < -0.39 is 6.10 Å². The maximum Gasteiger partial charge on any atom is 0.104 e. The molecule has 17 heavy (non-hydrogen) atoms. The summed E-state index contributed by atoms with van der Waals surface area (Å²) in [7, 11) is 0. The molecule has 0 radical (unpaired) electrons. The Hall–Kier alpha value is -1.67. The molecule has 2 heteroatoms. The van der Waals surface area contributed by atoms with Crippen molar-refractivity contribution in [1.29, 1.82) is 0 Å². The van der Waals surface area contributed by atoms with Gasteiger partial charge in [0.15, 0.2) is 0 Å². The highest BCUT2D eigenvalue weighted by atomic mass is 16.3. The van der Waals surface area contributed by atoms with Gasteiger partial charge >= 0.3 is 0 Å². The third-order valence-electron chi connectivity index (χ3n) is 2.94. The molecule has 1 aromatic heterocycles. The summed E-state index contributed by atoms with van der Waals surface area (Å²) in [6.45, 7) is 4.05. The first-order chi connectivity index (χ1) is 8.20. The molecule has 0 aliphatic carbocycles. The molecule has 88 valence electrons. The fourth-order valence-electron chi connectivity index (χ4n) is 1.87. The zero-order valence-corrected chi connectivity index (χ0v) is 10.2. The van der Waals surface area contributed by atoms with E-state index in [1.807, 2.05) is 31.2 Å². The van der Waals surface area contributed by atoms with Gasteiger partial charge in [-0.25, -0.2) is 0 Å². The van der Waals surface area contributed by atoms with Gasteiger partial charge in [0.2, 0.25) is 0 Å². The lowest BCUT2D eigenvalue weighted by molar-refractivity contribution is 0.220. The lowest BCUT2D eigenvalue weighted by Gasteiger charge is -2.12. The topological polar surface area (TPSA) is 33.1 Å². The first-order valence-electron chi connectivity index (χ1n) is 5.90. The van der Waals surface area contributed by atoms with Crippen LogP contribution in [0.25, 0.3) is 0 Å². The summed E-state index contributed by atoms with van der Waals surface area (Å²) >= 11 is 0. The van der Waals surface area contributed by atoms with Crippen molar-refractivity contribution in [2.45, 2.75) is 26.4 Å². The van der Waals surface area contributed by atoms with Gasteiger partial charge in [-0.3, -0.25) is 4.98 Å². The van der Waals surface area contributed by atoms with Crippen molar-refractivity contribution in [1.82, 2.24) is 4.98 Å². The summed E-state index contributed by atoms with van der Waals surface area (Å²) in [5.74, 6) is 0. The Morgan fingerprint density at radius 1 is 1.12 bits per heavy atom. The molecule has 0 saturated heterocycles. The van der Waals surface area contributed by atoms with Gasteiger partial charge in [0.05, 0.1) is 0 Å². The van der Waals surface area contributed by atoms with E-state index in [9.17, 15) is 5.11 Å². The van der Waals surface area contributed by atoms with Crippen molar-refractivity contribution in [3.63, 3.8) is 0 Å². The molecule has 2 rings (SSSR count). The highest BCUT2D eigenvalue weighted by molar-refractivity contribution is 5.31. The maximum absolute atomic E-state index is 10.3. The van der Waals surface area contributed by atoms with Gasteiger partial charge in [0, 0.05) is 11.9 Å². The number of aryl methyl sites for hydroxylation is 2. The monoisotopic (exact) mass is 227 g/mol. The highest BCUT2D eigenvalue weighted by Crippen LogP contribution is 2.22. The fraction of sp³-hybridized carbons (Fsp3) is 0.267. The number of benzene rings is 1. The summed E-state index contributed by atoms with van der Waals surface area (Å²) < 4.78 is 0. The lowest BCUT2D eigenvalue weighted by atomic mass is 10.0.